The molecule has 96 valence electrons. The van der Waals surface area contributed by atoms with E-state index in [4.69, 9.17) is 10.5 Å². The molecule has 0 atom stereocenters. The lowest BCUT2D eigenvalue weighted by Crippen LogP contribution is -2.24. The lowest BCUT2D eigenvalue weighted by molar-refractivity contribution is 0.0846. The van der Waals surface area contributed by atoms with E-state index in [2.05, 4.69) is 0 Å². The average Bonchev–Trinajstić information content (AvgIpc) is 2.27. The Bertz CT molecular complexity index is 355. The second-order valence-corrected chi connectivity index (χ2v) is 4.36. The quantitative estimate of drug-likeness (QED) is 0.828. The summed E-state index contributed by atoms with van der Waals surface area (Å²) in [6.45, 7) is 5.69. The first-order chi connectivity index (χ1) is 8.02. The van der Waals surface area contributed by atoms with Crippen LogP contribution in [0.4, 0.5) is 10.1 Å². The molecule has 0 aliphatic heterocycles. The van der Waals surface area contributed by atoms with Crippen molar-refractivity contribution in [3.63, 3.8) is 0 Å². The van der Waals surface area contributed by atoms with Gasteiger partial charge < -0.3 is 15.4 Å². The van der Waals surface area contributed by atoms with Crippen LogP contribution >= 0.6 is 0 Å². The number of hydrogen-bond donors (Lipinski definition) is 1. The lowest BCUT2D eigenvalue weighted by Gasteiger charge is -2.20. The van der Waals surface area contributed by atoms with Gasteiger partial charge in [-0.05, 0) is 37.6 Å². The van der Waals surface area contributed by atoms with Crippen molar-refractivity contribution in [2.75, 3.05) is 25.1 Å². The van der Waals surface area contributed by atoms with E-state index in [1.807, 2.05) is 31.9 Å². The third kappa shape index (κ3) is 4.71. The zero-order valence-corrected chi connectivity index (χ0v) is 10.7. The molecule has 1 aromatic rings. The summed E-state index contributed by atoms with van der Waals surface area (Å²) in [6.07, 6.45) is 0.218. The molecule has 0 saturated carbocycles. The molecule has 0 bridgehead atoms. The highest BCUT2D eigenvalue weighted by Gasteiger charge is 2.05. The molecular formula is C13H21FN2O. The first-order valence-electron chi connectivity index (χ1n) is 5.85. The Balaban J connectivity index is 2.61. The number of anilines is 1. The van der Waals surface area contributed by atoms with Crippen LogP contribution in [0, 0.1) is 5.82 Å². The van der Waals surface area contributed by atoms with Gasteiger partial charge in [0.05, 0.1) is 12.7 Å². The fourth-order valence-electron chi connectivity index (χ4n) is 1.53. The first-order valence-corrected chi connectivity index (χ1v) is 5.85. The van der Waals surface area contributed by atoms with E-state index in [0.29, 0.717) is 13.2 Å². The van der Waals surface area contributed by atoms with Crippen molar-refractivity contribution in [2.45, 2.75) is 26.5 Å². The van der Waals surface area contributed by atoms with Crippen molar-refractivity contribution >= 4 is 5.69 Å². The van der Waals surface area contributed by atoms with Crippen LogP contribution in [0.5, 0.6) is 0 Å². The molecule has 0 fully saturated rings. The van der Waals surface area contributed by atoms with Crippen molar-refractivity contribution in [2.24, 2.45) is 5.73 Å². The van der Waals surface area contributed by atoms with E-state index in [1.165, 1.54) is 12.1 Å². The van der Waals surface area contributed by atoms with Crippen LogP contribution in [0.2, 0.25) is 0 Å². The van der Waals surface area contributed by atoms with Gasteiger partial charge in [-0.25, -0.2) is 4.39 Å². The zero-order chi connectivity index (χ0) is 12.8. The van der Waals surface area contributed by atoms with Crippen LogP contribution in [0.25, 0.3) is 0 Å². The summed E-state index contributed by atoms with van der Waals surface area (Å²) in [5.74, 6) is -0.250. The van der Waals surface area contributed by atoms with Gasteiger partial charge in [-0.3, -0.25) is 0 Å². The highest BCUT2D eigenvalue weighted by atomic mass is 19.1. The molecule has 0 saturated heterocycles. The average molecular weight is 240 g/mol. The summed E-state index contributed by atoms with van der Waals surface area (Å²) >= 11 is 0. The third-order valence-electron chi connectivity index (χ3n) is 2.50. The zero-order valence-electron chi connectivity index (χ0n) is 10.7. The second kappa shape index (κ2) is 6.57. The third-order valence-corrected chi connectivity index (χ3v) is 2.50. The summed E-state index contributed by atoms with van der Waals surface area (Å²) in [5, 5.41) is 0. The fraction of sp³-hybridized carbons (Fsp3) is 0.538. The van der Waals surface area contributed by atoms with Crippen LogP contribution in [-0.4, -0.2) is 26.3 Å². The monoisotopic (exact) mass is 240 g/mol. The molecule has 0 aliphatic rings. The molecule has 2 N–H and O–H groups in total. The molecule has 0 heterocycles. The number of likely N-dealkylation sites (N-methyl/N-ethyl adjacent to an activating group) is 1. The van der Waals surface area contributed by atoms with Crippen molar-refractivity contribution < 1.29 is 9.13 Å². The molecule has 0 unspecified atom stereocenters. The molecule has 0 spiro atoms. The molecule has 0 radical (unpaired) electrons. The molecule has 0 aromatic heterocycles. The molecule has 4 heteroatoms. The number of rotatable bonds is 6. The number of nitrogens with two attached hydrogens (primary N) is 1. The maximum absolute atomic E-state index is 13.3. The normalized spacial score (nSPS) is 10.9. The van der Waals surface area contributed by atoms with Crippen molar-refractivity contribution in [3.05, 3.63) is 29.6 Å². The Hall–Kier alpha value is -1.13. The molecule has 17 heavy (non-hydrogen) atoms. The van der Waals surface area contributed by atoms with Crippen LogP contribution in [0.3, 0.4) is 0 Å². The summed E-state index contributed by atoms with van der Waals surface area (Å²) in [6, 6.07) is 4.87. The van der Waals surface area contributed by atoms with E-state index in [1.54, 1.807) is 0 Å². The van der Waals surface area contributed by atoms with Crippen molar-refractivity contribution in [3.8, 4) is 0 Å². The summed E-state index contributed by atoms with van der Waals surface area (Å²) < 4.78 is 18.8. The predicted octanol–water partition coefficient (Wildman–Crippen LogP) is 2.15. The number of nitrogens with zero attached hydrogens (tertiary/aromatic N) is 1. The topological polar surface area (TPSA) is 38.5 Å². The fourth-order valence-corrected chi connectivity index (χ4v) is 1.53. The van der Waals surface area contributed by atoms with Gasteiger partial charge in [-0.2, -0.15) is 0 Å². The largest absolute Gasteiger partial charge is 0.377 e. The van der Waals surface area contributed by atoms with Crippen LogP contribution in [-0.2, 0) is 11.3 Å². The molecule has 1 rings (SSSR count). The Kier molecular flexibility index (Phi) is 5.38. The Morgan fingerprint density at radius 2 is 2.06 bits per heavy atom. The molecule has 1 aromatic carbocycles. The highest BCUT2D eigenvalue weighted by molar-refractivity contribution is 5.48. The molecule has 0 amide bonds. The van der Waals surface area contributed by atoms with Gasteiger partial charge in [0, 0.05) is 25.8 Å². The van der Waals surface area contributed by atoms with E-state index in [0.717, 1.165) is 17.8 Å². The van der Waals surface area contributed by atoms with Gasteiger partial charge in [-0.15, -0.1) is 0 Å². The summed E-state index contributed by atoms with van der Waals surface area (Å²) in [5.41, 5.74) is 7.15. The van der Waals surface area contributed by atoms with Gasteiger partial charge in [-0.1, -0.05) is 0 Å². The predicted molar refractivity (Wildman–Crippen MR) is 68.6 cm³/mol. The van der Waals surface area contributed by atoms with Crippen LogP contribution < -0.4 is 10.6 Å². The maximum Gasteiger partial charge on any atom is 0.125 e. The lowest BCUT2D eigenvalue weighted by atomic mass is 10.2. The van der Waals surface area contributed by atoms with Gasteiger partial charge >= 0.3 is 0 Å². The number of ether oxygens (including phenoxy) is 1. The second-order valence-electron chi connectivity index (χ2n) is 4.36. The Morgan fingerprint density at radius 3 is 2.65 bits per heavy atom. The number of hydrogen-bond acceptors (Lipinski definition) is 3. The SMILES string of the molecule is CC(C)OCCN(C)c1cc(F)cc(CN)c1. The molecule has 0 aliphatic carbocycles. The van der Waals surface area contributed by atoms with E-state index in [9.17, 15) is 4.39 Å². The van der Waals surface area contributed by atoms with Crippen molar-refractivity contribution in [1.29, 1.82) is 0 Å². The van der Waals surface area contributed by atoms with E-state index < -0.39 is 0 Å². The maximum atomic E-state index is 13.3. The Morgan fingerprint density at radius 1 is 1.35 bits per heavy atom. The summed E-state index contributed by atoms with van der Waals surface area (Å²) in [7, 11) is 1.92. The smallest absolute Gasteiger partial charge is 0.125 e. The van der Waals surface area contributed by atoms with Crippen LogP contribution in [0.15, 0.2) is 18.2 Å². The standard InChI is InChI=1S/C13H21FN2O/c1-10(2)17-5-4-16(3)13-7-11(9-15)6-12(14)8-13/h6-8,10H,4-5,9,15H2,1-3H3. The Labute approximate surface area is 102 Å². The molecular weight excluding hydrogens is 219 g/mol. The van der Waals surface area contributed by atoms with E-state index >= 15 is 0 Å². The van der Waals surface area contributed by atoms with Crippen LogP contribution in [0.1, 0.15) is 19.4 Å². The van der Waals surface area contributed by atoms with Gasteiger partial charge in [0.2, 0.25) is 0 Å². The molecule has 3 nitrogen and oxygen atoms in total. The number of benzene rings is 1. The minimum atomic E-state index is -0.250. The van der Waals surface area contributed by atoms with Crippen molar-refractivity contribution in [1.82, 2.24) is 0 Å². The van der Waals surface area contributed by atoms with E-state index in [-0.39, 0.29) is 11.9 Å². The highest BCUT2D eigenvalue weighted by Crippen LogP contribution is 2.17. The minimum Gasteiger partial charge on any atom is -0.377 e. The van der Waals surface area contributed by atoms with Gasteiger partial charge in [0.1, 0.15) is 5.82 Å². The summed E-state index contributed by atoms with van der Waals surface area (Å²) in [4.78, 5) is 1.96. The van der Waals surface area contributed by atoms with Gasteiger partial charge in [0.25, 0.3) is 0 Å². The first kappa shape index (κ1) is 13.9. The minimum absolute atomic E-state index is 0.218. The number of halogens is 1. The van der Waals surface area contributed by atoms with Gasteiger partial charge in [0.15, 0.2) is 0 Å².